The average Bonchev–Trinajstić information content (AvgIpc) is 2.37. The smallest absolute Gasteiger partial charge is 0.355 e. The summed E-state index contributed by atoms with van der Waals surface area (Å²) in [7, 11) is -4.38. The first-order chi connectivity index (χ1) is 9.99. The molecule has 1 rings (SSSR count). The fraction of sp³-hybridized carbons (Fsp3) is 0.417. The highest BCUT2D eigenvalue weighted by molar-refractivity contribution is 7.89. The summed E-state index contributed by atoms with van der Waals surface area (Å²) in [6.07, 6.45) is -4.71. The van der Waals surface area contributed by atoms with Gasteiger partial charge in [0.15, 0.2) is 0 Å². The number of hydrogen-bond acceptors (Lipinski definition) is 3. The summed E-state index contributed by atoms with van der Waals surface area (Å²) in [5.74, 6) is -0.603. The van der Waals surface area contributed by atoms with Gasteiger partial charge in [-0.15, -0.1) is 0 Å². The van der Waals surface area contributed by atoms with Crippen molar-refractivity contribution in [1.29, 1.82) is 0 Å². The topological polar surface area (TPSA) is 75.3 Å². The van der Waals surface area contributed by atoms with E-state index >= 15 is 0 Å². The molecule has 0 unspecified atom stereocenters. The second kappa shape index (κ2) is 6.84. The number of carbonyl (C=O) groups excluding carboxylic acids is 1. The molecule has 0 aliphatic heterocycles. The lowest BCUT2D eigenvalue weighted by molar-refractivity contribution is -0.137. The fourth-order valence-electron chi connectivity index (χ4n) is 1.56. The highest BCUT2D eigenvalue weighted by Crippen LogP contribution is 2.33. The lowest BCUT2D eigenvalue weighted by Gasteiger charge is -2.15. The number of likely N-dealkylation sites (N-methyl/N-ethyl adjacent to an activating group) is 1. The van der Waals surface area contributed by atoms with Crippen LogP contribution in [0, 0.1) is 0 Å². The molecule has 0 fully saturated rings. The lowest BCUT2D eigenvalue weighted by Crippen LogP contribution is -2.44. The van der Waals surface area contributed by atoms with Crippen molar-refractivity contribution in [3.63, 3.8) is 0 Å². The van der Waals surface area contributed by atoms with Crippen molar-refractivity contribution in [2.45, 2.75) is 31.0 Å². The molecule has 1 aromatic carbocycles. The van der Waals surface area contributed by atoms with Crippen LogP contribution in [0.1, 0.15) is 19.4 Å². The predicted molar refractivity (Wildman–Crippen MR) is 74.9 cm³/mol. The predicted octanol–water partition coefficient (Wildman–Crippen LogP) is 2.16. The van der Waals surface area contributed by atoms with Gasteiger partial charge in [-0.25, -0.2) is 8.42 Å². The molecule has 0 aliphatic rings. The molecule has 0 aromatic heterocycles. The van der Waals surface area contributed by atoms with Crippen LogP contribution in [0.3, 0.4) is 0 Å². The minimum absolute atomic E-state index is 0.287. The highest BCUT2D eigenvalue weighted by Gasteiger charge is 2.33. The number of nitrogens with one attached hydrogen (secondary N) is 2. The number of halogens is 4. The summed E-state index contributed by atoms with van der Waals surface area (Å²) in [5.41, 5.74) is -1.15. The molecule has 1 aromatic rings. The second-order valence-electron chi connectivity index (χ2n) is 4.38. The first-order valence-corrected chi connectivity index (χ1v) is 8.02. The fourth-order valence-corrected chi connectivity index (χ4v) is 3.29. The minimum Gasteiger partial charge on any atom is -0.355 e. The molecule has 1 atom stereocenters. The number of amides is 1. The third-order valence-corrected chi connectivity index (χ3v) is 4.65. The van der Waals surface area contributed by atoms with Gasteiger partial charge in [0.25, 0.3) is 0 Å². The summed E-state index contributed by atoms with van der Waals surface area (Å²) in [6, 6.07) is 0.787. The zero-order valence-corrected chi connectivity index (χ0v) is 13.2. The number of rotatable bonds is 5. The highest BCUT2D eigenvalue weighted by atomic mass is 35.5. The third-order valence-electron chi connectivity index (χ3n) is 2.62. The molecule has 2 N–H and O–H groups in total. The number of carbonyl (C=O) groups is 1. The van der Waals surface area contributed by atoms with Crippen molar-refractivity contribution in [2.75, 3.05) is 6.54 Å². The van der Waals surface area contributed by atoms with Gasteiger partial charge in [-0.1, -0.05) is 11.6 Å². The summed E-state index contributed by atoms with van der Waals surface area (Å²) >= 11 is 5.67. The number of hydrogen-bond donors (Lipinski definition) is 2. The van der Waals surface area contributed by atoms with E-state index in [9.17, 15) is 26.4 Å². The lowest BCUT2D eigenvalue weighted by atomic mass is 10.2. The zero-order valence-electron chi connectivity index (χ0n) is 11.7. The van der Waals surface area contributed by atoms with Gasteiger partial charge in [0.1, 0.15) is 4.90 Å². The quantitative estimate of drug-likeness (QED) is 0.847. The summed E-state index contributed by atoms with van der Waals surface area (Å²) < 4.78 is 64.2. The Balaban J connectivity index is 3.15. The number of alkyl halides is 3. The Labute approximate surface area is 130 Å². The first kappa shape index (κ1) is 18.7. The Morgan fingerprint density at radius 2 is 1.95 bits per heavy atom. The maximum Gasteiger partial charge on any atom is 0.416 e. The largest absolute Gasteiger partial charge is 0.416 e. The van der Waals surface area contributed by atoms with Crippen LogP contribution in [-0.4, -0.2) is 26.9 Å². The molecular weight excluding hydrogens is 345 g/mol. The van der Waals surface area contributed by atoms with E-state index in [0.29, 0.717) is 12.1 Å². The van der Waals surface area contributed by atoms with Crippen molar-refractivity contribution in [3.8, 4) is 0 Å². The van der Waals surface area contributed by atoms with E-state index in [1.165, 1.54) is 6.92 Å². The van der Waals surface area contributed by atoms with Crippen molar-refractivity contribution in [2.24, 2.45) is 0 Å². The van der Waals surface area contributed by atoms with E-state index in [1.54, 1.807) is 6.92 Å². The molecule has 22 heavy (non-hydrogen) atoms. The Hall–Kier alpha value is -1.32. The van der Waals surface area contributed by atoms with Crippen LogP contribution in [0.15, 0.2) is 23.1 Å². The summed E-state index contributed by atoms with van der Waals surface area (Å²) in [5, 5.41) is 2.02. The molecule has 0 spiro atoms. The average molecular weight is 359 g/mol. The van der Waals surface area contributed by atoms with Gasteiger partial charge in [-0.05, 0) is 32.0 Å². The summed E-state index contributed by atoms with van der Waals surface area (Å²) in [4.78, 5) is 10.8. The molecule has 0 radical (unpaired) electrons. The standard InChI is InChI=1S/C12H14ClF3N2O3S/c1-3-17-11(19)7(2)18-22(20,21)10-6-8(12(14,15)16)4-5-9(10)13/h4-7,18H,3H2,1-2H3,(H,17,19)/t7-/m0/s1. The molecule has 1 amide bonds. The maximum atomic E-state index is 12.7. The Morgan fingerprint density at radius 3 is 2.45 bits per heavy atom. The molecule has 0 saturated carbocycles. The van der Waals surface area contributed by atoms with Crippen molar-refractivity contribution < 1.29 is 26.4 Å². The van der Waals surface area contributed by atoms with Gasteiger partial charge in [-0.3, -0.25) is 4.79 Å². The molecule has 124 valence electrons. The van der Waals surface area contributed by atoms with Gasteiger partial charge in [0.2, 0.25) is 15.9 Å². The van der Waals surface area contributed by atoms with E-state index in [1.807, 2.05) is 4.72 Å². The molecular formula is C12H14ClF3N2O3S. The molecule has 10 heteroatoms. The van der Waals surface area contributed by atoms with Gasteiger partial charge >= 0.3 is 6.18 Å². The Kier molecular flexibility index (Phi) is 5.82. The van der Waals surface area contributed by atoms with Gasteiger partial charge in [0.05, 0.1) is 16.6 Å². The number of sulfonamides is 1. The van der Waals surface area contributed by atoms with Crippen LogP contribution in [0.2, 0.25) is 5.02 Å². The van der Waals surface area contributed by atoms with Crippen molar-refractivity contribution >= 4 is 27.5 Å². The zero-order chi connectivity index (χ0) is 17.1. The van der Waals surface area contributed by atoms with Crippen LogP contribution in [0.5, 0.6) is 0 Å². The van der Waals surface area contributed by atoms with Crippen LogP contribution < -0.4 is 10.0 Å². The van der Waals surface area contributed by atoms with Crippen molar-refractivity contribution in [3.05, 3.63) is 28.8 Å². The van der Waals surface area contributed by atoms with Gasteiger partial charge < -0.3 is 5.32 Å². The van der Waals surface area contributed by atoms with E-state index in [-0.39, 0.29) is 11.6 Å². The molecule has 0 saturated heterocycles. The normalized spacial score (nSPS) is 13.7. The monoisotopic (exact) mass is 358 g/mol. The van der Waals surface area contributed by atoms with E-state index in [2.05, 4.69) is 5.32 Å². The molecule has 0 bridgehead atoms. The Bertz CT molecular complexity index is 662. The first-order valence-electron chi connectivity index (χ1n) is 6.16. The molecule has 0 heterocycles. The van der Waals surface area contributed by atoms with Crippen LogP contribution in [0.4, 0.5) is 13.2 Å². The van der Waals surface area contributed by atoms with E-state index < -0.39 is 38.6 Å². The van der Waals surface area contributed by atoms with Crippen LogP contribution in [-0.2, 0) is 21.0 Å². The maximum absolute atomic E-state index is 12.7. The second-order valence-corrected chi connectivity index (χ2v) is 6.47. The van der Waals surface area contributed by atoms with Gasteiger partial charge in [0, 0.05) is 6.54 Å². The molecule has 5 nitrogen and oxygen atoms in total. The Morgan fingerprint density at radius 1 is 1.36 bits per heavy atom. The molecule has 0 aliphatic carbocycles. The third kappa shape index (κ3) is 4.59. The number of benzene rings is 1. The van der Waals surface area contributed by atoms with Crippen LogP contribution in [0.25, 0.3) is 0 Å². The SMILES string of the molecule is CCNC(=O)[C@H](C)NS(=O)(=O)c1cc(C(F)(F)F)ccc1Cl. The van der Waals surface area contributed by atoms with Gasteiger partial charge in [-0.2, -0.15) is 17.9 Å². The summed E-state index contributed by atoms with van der Waals surface area (Å²) in [6.45, 7) is 3.20. The van der Waals surface area contributed by atoms with Crippen LogP contribution >= 0.6 is 11.6 Å². The minimum atomic E-state index is -4.71. The van der Waals surface area contributed by atoms with E-state index in [4.69, 9.17) is 11.6 Å². The van der Waals surface area contributed by atoms with Crippen molar-refractivity contribution in [1.82, 2.24) is 10.0 Å². The van der Waals surface area contributed by atoms with E-state index in [0.717, 1.165) is 6.07 Å².